The molecule has 0 aromatic heterocycles. The van der Waals surface area contributed by atoms with Gasteiger partial charge in [0.05, 0.1) is 13.2 Å². The molecule has 13 heteroatoms. The summed E-state index contributed by atoms with van der Waals surface area (Å²) in [4.78, 5) is 73.5. The van der Waals surface area contributed by atoms with Crippen LogP contribution in [-0.4, -0.2) is 89.5 Å². The molecule has 4 bridgehead atoms. The Balaban J connectivity index is 0.943. The van der Waals surface area contributed by atoms with Gasteiger partial charge in [0.15, 0.2) is 0 Å². The Kier molecular flexibility index (Phi) is 9.27. The maximum absolute atomic E-state index is 14.3. The normalized spacial score (nSPS) is 27.5. The lowest BCUT2D eigenvalue weighted by atomic mass is 9.50. The lowest BCUT2D eigenvalue weighted by Crippen LogP contribution is -2.52. The molecule has 4 saturated carbocycles. The lowest BCUT2D eigenvalue weighted by Gasteiger charge is -2.56. The van der Waals surface area contributed by atoms with Crippen LogP contribution in [0.25, 0.3) is 10.8 Å². The third-order valence-corrected chi connectivity index (χ3v) is 12.3. The first kappa shape index (κ1) is 35.6. The SMILES string of the molecule is C[C@]1(c2ccc(C3=NCCN3)cc2)C(=O)N(CC(=O)NC[C@H](NC(=O)OCC23CC4CC(CC(C4)C2)C3)C(=O)O)C(=O)N1Cc1ccc2ccccc2c1. The summed E-state index contributed by atoms with van der Waals surface area (Å²) in [6.07, 6.45) is 6.03. The second-order valence-electron chi connectivity index (χ2n) is 16.1. The number of benzene rings is 3. The molecule has 4 N–H and O–H groups in total. The van der Waals surface area contributed by atoms with E-state index in [4.69, 9.17) is 4.74 Å². The predicted octanol–water partition coefficient (Wildman–Crippen LogP) is 4.38. The fourth-order valence-electron chi connectivity index (χ4n) is 10.00. The number of carboxylic acid groups (broad SMARTS) is 1. The number of ether oxygens (including phenoxy) is 1. The number of imide groups is 1. The molecular formula is C41H46N6O7. The largest absolute Gasteiger partial charge is 0.480 e. The zero-order valence-corrected chi connectivity index (χ0v) is 30.4. The molecule has 13 nitrogen and oxygen atoms in total. The average Bonchev–Trinajstić information content (AvgIpc) is 3.76. The smallest absolute Gasteiger partial charge is 0.407 e. The lowest BCUT2D eigenvalue weighted by molar-refractivity contribution is -0.140. The van der Waals surface area contributed by atoms with E-state index in [2.05, 4.69) is 20.9 Å². The van der Waals surface area contributed by atoms with Crippen molar-refractivity contribution in [2.75, 3.05) is 32.8 Å². The molecule has 9 rings (SSSR count). The number of fused-ring (bicyclic) bond motifs is 1. The van der Waals surface area contributed by atoms with Gasteiger partial charge in [-0.1, -0.05) is 60.7 Å². The minimum Gasteiger partial charge on any atom is -0.480 e. The third kappa shape index (κ3) is 6.75. The maximum Gasteiger partial charge on any atom is 0.407 e. The summed E-state index contributed by atoms with van der Waals surface area (Å²) in [5.41, 5.74) is 0.729. The van der Waals surface area contributed by atoms with Crippen LogP contribution in [0, 0.1) is 23.2 Å². The molecule has 4 aliphatic carbocycles. The fraction of sp³-hybridized carbons (Fsp3) is 0.463. The van der Waals surface area contributed by atoms with E-state index in [1.807, 2.05) is 54.6 Å². The highest BCUT2D eigenvalue weighted by atomic mass is 16.5. The number of carbonyl (C=O) groups is 5. The zero-order valence-electron chi connectivity index (χ0n) is 30.4. The molecule has 0 unspecified atom stereocenters. The molecule has 0 spiro atoms. The van der Waals surface area contributed by atoms with E-state index < -0.39 is 54.6 Å². The van der Waals surface area contributed by atoms with E-state index in [9.17, 15) is 29.1 Å². The first-order valence-corrected chi connectivity index (χ1v) is 18.9. The second-order valence-corrected chi connectivity index (χ2v) is 16.1. The van der Waals surface area contributed by atoms with Crippen molar-refractivity contribution in [3.63, 3.8) is 0 Å². The summed E-state index contributed by atoms with van der Waals surface area (Å²) in [6, 6.07) is 18.9. The standard InChI is InChI=1S/C41H46N6O7/c1-40(32-10-8-30(9-11-32)35-42-12-13-43-35)37(51)46(39(53)47(40)22-25-6-7-29-4-2-3-5-31(29)17-25)23-34(48)44-21-33(36(49)50)45-38(52)54-24-41-18-26-14-27(19-41)16-28(15-26)20-41/h2-11,17,26-28,33H,12-16,18-24H2,1H3,(H,42,43)(H,44,48)(H,45,52)(H,49,50)/t26?,27?,28?,33-,40-,41?/m0/s1. The minimum atomic E-state index is -1.48. The number of aliphatic imine (C=N–C) groups is 1. The molecule has 2 heterocycles. The molecular weight excluding hydrogens is 688 g/mol. The Morgan fingerprint density at radius 1 is 0.963 bits per heavy atom. The topological polar surface area (TPSA) is 170 Å². The zero-order chi connectivity index (χ0) is 37.6. The molecule has 3 aromatic carbocycles. The van der Waals surface area contributed by atoms with Crippen molar-refractivity contribution >= 4 is 46.5 Å². The number of alkyl carbamates (subject to hydrolysis) is 1. The van der Waals surface area contributed by atoms with E-state index in [1.165, 1.54) is 24.2 Å². The molecule has 2 aliphatic heterocycles. The van der Waals surface area contributed by atoms with Gasteiger partial charge in [0.1, 0.15) is 24.0 Å². The number of amides is 5. The number of aliphatic carboxylic acids is 1. The van der Waals surface area contributed by atoms with Crippen molar-refractivity contribution in [1.82, 2.24) is 25.8 Å². The average molecular weight is 735 g/mol. The summed E-state index contributed by atoms with van der Waals surface area (Å²) in [5.74, 6) is 0.105. The van der Waals surface area contributed by atoms with Crippen LogP contribution in [0.2, 0.25) is 0 Å². The van der Waals surface area contributed by atoms with E-state index in [1.54, 1.807) is 19.1 Å². The minimum absolute atomic E-state index is 0.0332. The van der Waals surface area contributed by atoms with Gasteiger partial charge in [0, 0.05) is 30.6 Å². The Bertz CT molecular complexity index is 2000. The van der Waals surface area contributed by atoms with E-state index in [-0.39, 0.29) is 18.6 Å². The molecule has 0 radical (unpaired) electrons. The summed E-state index contributed by atoms with van der Waals surface area (Å²) in [6.45, 7) is 2.34. The van der Waals surface area contributed by atoms with Crippen LogP contribution in [0.5, 0.6) is 0 Å². The molecule has 2 atom stereocenters. The summed E-state index contributed by atoms with van der Waals surface area (Å²) in [5, 5.41) is 20.0. The van der Waals surface area contributed by atoms with Gasteiger partial charge in [0.25, 0.3) is 5.91 Å². The van der Waals surface area contributed by atoms with Gasteiger partial charge in [-0.25, -0.2) is 14.4 Å². The number of carboxylic acids is 1. The van der Waals surface area contributed by atoms with E-state index in [0.717, 1.165) is 58.4 Å². The molecule has 6 aliphatic rings. The van der Waals surface area contributed by atoms with Crippen molar-refractivity contribution in [3.05, 3.63) is 83.4 Å². The predicted molar refractivity (Wildman–Crippen MR) is 199 cm³/mol. The number of nitrogens with zero attached hydrogens (tertiary/aromatic N) is 3. The first-order chi connectivity index (χ1) is 26.0. The Hall–Kier alpha value is -5.46. The Labute approximate surface area is 313 Å². The number of hydrogen-bond donors (Lipinski definition) is 4. The maximum atomic E-state index is 14.3. The second kappa shape index (κ2) is 14.1. The van der Waals surface area contributed by atoms with Crippen LogP contribution in [-0.2, 0) is 31.2 Å². The number of carbonyl (C=O) groups excluding carboxylic acids is 4. The van der Waals surface area contributed by atoms with Crippen LogP contribution in [0.3, 0.4) is 0 Å². The summed E-state index contributed by atoms with van der Waals surface area (Å²) >= 11 is 0. The van der Waals surface area contributed by atoms with Crippen LogP contribution >= 0.6 is 0 Å². The van der Waals surface area contributed by atoms with Gasteiger partial charge >= 0.3 is 18.1 Å². The summed E-state index contributed by atoms with van der Waals surface area (Å²) < 4.78 is 5.60. The Morgan fingerprint density at radius 3 is 2.30 bits per heavy atom. The highest BCUT2D eigenvalue weighted by Gasteiger charge is 2.56. The van der Waals surface area contributed by atoms with Crippen molar-refractivity contribution in [3.8, 4) is 0 Å². The van der Waals surface area contributed by atoms with Gasteiger partial charge in [-0.05, 0) is 91.2 Å². The van der Waals surface area contributed by atoms with Gasteiger partial charge < -0.3 is 30.7 Å². The van der Waals surface area contributed by atoms with Crippen molar-refractivity contribution in [2.24, 2.45) is 28.2 Å². The molecule has 3 aromatic rings. The summed E-state index contributed by atoms with van der Waals surface area (Å²) in [7, 11) is 0. The van der Waals surface area contributed by atoms with Crippen molar-refractivity contribution in [2.45, 2.75) is 63.6 Å². The number of amidine groups is 1. The van der Waals surface area contributed by atoms with Crippen LogP contribution in [0.1, 0.15) is 62.1 Å². The molecule has 54 heavy (non-hydrogen) atoms. The molecule has 282 valence electrons. The first-order valence-electron chi connectivity index (χ1n) is 18.9. The molecule has 5 amide bonds. The Morgan fingerprint density at radius 2 is 1.65 bits per heavy atom. The van der Waals surface area contributed by atoms with Crippen molar-refractivity contribution < 1.29 is 33.8 Å². The van der Waals surface area contributed by atoms with Gasteiger partial charge in [0.2, 0.25) is 5.91 Å². The van der Waals surface area contributed by atoms with Gasteiger partial charge in [-0.15, -0.1) is 0 Å². The van der Waals surface area contributed by atoms with E-state index >= 15 is 0 Å². The number of rotatable bonds is 12. The van der Waals surface area contributed by atoms with Crippen LogP contribution in [0.4, 0.5) is 9.59 Å². The third-order valence-electron chi connectivity index (χ3n) is 12.3. The number of hydrogen-bond acceptors (Lipinski definition) is 8. The van der Waals surface area contributed by atoms with Gasteiger partial charge in [-0.3, -0.25) is 19.5 Å². The quantitative estimate of drug-likeness (QED) is 0.199. The van der Waals surface area contributed by atoms with Crippen molar-refractivity contribution in [1.29, 1.82) is 0 Å². The van der Waals surface area contributed by atoms with Crippen LogP contribution < -0.4 is 16.0 Å². The van der Waals surface area contributed by atoms with E-state index in [0.29, 0.717) is 29.9 Å². The number of nitrogens with one attached hydrogen (secondary N) is 3. The highest BCUT2D eigenvalue weighted by Crippen LogP contribution is 2.60. The highest BCUT2D eigenvalue weighted by molar-refractivity contribution is 6.09. The van der Waals surface area contributed by atoms with Gasteiger partial charge in [-0.2, -0.15) is 0 Å². The fourth-order valence-corrected chi connectivity index (χ4v) is 10.00. The van der Waals surface area contributed by atoms with Crippen LogP contribution in [0.15, 0.2) is 71.7 Å². The molecule has 5 fully saturated rings. The number of urea groups is 1. The monoisotopic (exact) mass is 734 g/mol. The molecule has 1 saturated heterocycles.